The van der Waals surface area contributed by atoms with Crippen molar-refractivity contribution >= 4 is 17.5 Å². The standard InChI is InChI=1S/C28H38FN5O2/c1-2-23-8-4-6-11-26(23)30-27(35)21-33-16-18-34(19-17-33)28(36)22-32-13-7-12-31(14-15-32)20-24-9-3-5-10-25(24)29/h3-6,8-11H,2,7,12-22H2,1H3,(H,30,35). The van der Waals surface area contributed by atoms with E-state index >= 15 is 0 Å². The van der Waals surface area contributed by atoms with Gasteiger partial charge in [0.15, 0.2) is 0 Å². The zero-order valence-electron chi connectivity index (χ0n) is 21.3. The highest BCUT2D eigenvalue weighted by atomic mass is 19.1. The van der Waals surface area contributed by atoms with Crippen molar-refractivity contribution < 1.29 is 14.0 Å². The van der Waals surface area contributed by atoms with E-state index in [1.807, 2.05) is 41.3 Å². The summed E-state index contributed by atoms with van der Waals surface area (Å²) >= 11 is 0. The quantitative estimate of drug-likeness (QED) is 0.610. The summed E-state index contributed by atoms with van der Waals surface area (Å²) in [7, 11) is 0. The fourth-order valence-corrected chi connectivity index (χ4v) is 5.00. The molecule has 0 atom stereocenters. The highest BCUT2D eigenvalue weighted by molar-refractivity contribution is 5.93. The number of benzene rings is 2. The molecular formula is C28H38FN5O2. The number of carbonyl (C=O) groups is 2. The van der Waals surface area contributed by atoms with Gasteiger partial charge >= 0.3 is 0 Å². The van der Waals surface area contributed by atoms with Gasteiger partial charge < -0.3 is 10.2 Å². The number of aryl methyl sites for hydroxylation is 1. The smallest absolute Gasteiger partial charge is 0.238 e. The molecule has 2 fully saturated rings. The number of hydrogen-bond acceptors (Lipinski definition) is 5. The van der Waals surface area contributed by atoms with Gasteiger partial charge in [-0.05, 0) is 43.6 Å². The summed E-state index contributed by atoms with van der Waals surface area (Å²) in [6.07, 6.45) is 1.84. The third-order valence-corrected chi connectivity index (χ3v) is 7.16. The predicted octanol–water partition coefficient (Wildman–Crippen LogP) is 2.68. The van der Waals surface area contributed by atoms with Crippen LogP contribution >= 0.6 is 0 Å². The zero-order chi connectivity index (χ0) is 25.3. The molecule has 0 radical (unpaired) electrons. The molecule has 36 heavy (non-hydrogen) atoms. The fourth-order valence-electron chi connectivity index (χ4n) is 5.00. The molecule has 2 aliphatic rings. The van der Waals surface area contributed by atoms with E-state index in [0.29, 0.717) is 45.8 Å². The number of rotatable bonds is 8. The first-order chi connectivity index (χ1) is 17.5. The minimum atomic E-state index is -0.156. The maximum absolute atomic E-state index is 14.0. The van der Waals surface area contributed by atoms with Gasteiger partial charge in [-0.25, -0.2) is 4.39 Å². The Hall–Kier alpha value is -2.81. The van der Waals surface area contributed by atoms with E-state index in [1.54, 1.807) is 6.07 Å². The SMILES string of the molecule is CCc1ccccc1NC(=O)CN1CCN(C(=O)CN2CCCN(Cc3ccccc3F)CC2)CC1. The number of hydrogen-bond donors (Lipinski definition) is 1. The number of nitrogens with zero attached hydrogens (tertiary/aromatic N) is 4. The number of nitrogens with one attached hydrogen (secondary N) is 1. The minimum Gasteiger partial charge on any atom is -0.339 e. The molecule has 2 aromatic carbocycles. The number of amides is 2. The van der Waals surface area contributed by atoms with Crippen LogP contribution in [0.5, 0.6) is 0 Å². The molecule has 2 amide bonds. The third kappa shape index (κ3) is 7.35. The van der Waals surface area contributed by atoms with Crippen LogP contribution in [0.25, 0.3) is 0 Å². The van der Waals surface area contributed by atoms with Crippen LogP contribution in [0.3, 0.4) is 0 Å². The molecule has 7 nitrogen and oxygen atoms in total. The molecule has 1 N–H and O–H groups in total. The van der Waals surface area contributed by atoms with Crippen molar-refractivity contribution in [1.82, 2.24) is 19.6 Å². The van der Waals surface area contributed by atoms with Gasteiger partial charge in [0.2, 0.25) is 11.8 Å². The lowest BCUT2D eigenvalue weighted by atomic mass is 10.1. The lowest BCUT2D eigenvalue weighted by Crippen LogP contribution is -2.52. The van der Waals surface area contributed by atoms with E-state index < -0.39 is 0 Å². The normalized spacial score (nSPS) is 18.1. The first-order valence-electron chi connectivity index (χ1n) is 13.1. The van der Waals surface area contributed by atoms with E-state index in [1.165, 1.54) is 6.07 Å². The largest absolute Gasteiger partial charge is 0.339 e. The molecule has 2 aliphatic heterocycles. The van der Waals surface area contributed by atoms with Gasteiger partial charge in [0.1, 0.15) is 5.82 Å². The maximum atomic E-state index is 14.0. The van der Waals surface area contributed by atoms with Gasteiger partial charge in [-0.2, -0.15) is 0 Å². The first kappa shape index (κ1) is 26.3. The minimum absolute atomic E-state index is 0.0137. The van der Waals surface area contributed by atoms with Crippen molar-refractivity contribution in [3.63, 3.8) is 0 Å². The topological polar surface area (TPSA) is 59.1 Å². The van der Waals surface area contributed by atoms with Gasteiger partial charge in [0.25, 0.3) is 0 Å². The summed E-state index contributed by atoms with van der Waals surface area (Å²) in [4.78, 5) is 34.0. The average molecular weight is 496 g/mol. The summed E-state index contributed by atoms with van der Waals surface area (Å²) in [5.74, 6) is -0.0186. The molecule has 0 unspecified atom stereocenters. The Labute approximate surface area is 213 Å². The summed E-state index contributed by atoms with van der Waals surface area (Å²) in [5, 5.41) is 3.03. The molecule has 8 heteroatoms. The van der Waals surface area contributed by atoms with E-state index in [9.17, 15) is 14.0 Å². The van der Waals surface area contributed by atoms with Gasteiger partial charge in [0, 0.05) is 57.1 Å². The second-order valence-corrected chi connectivity index (χ2v) is 9.71. The Kier molecular flexibility index (Phi) is 9.44. The van der Waals surface area contributed by atoms with E-state index in [4.69, 9.17) is 0 Å². The molecule has 0 saturated carbocycles. The van der Waals surface area contributed by atoms with Crippen LogP contribution in [0, 0.1) is 5.82 Å². The van der Waals surface area contributed by atoms with Crippen molar-refractivity contribution in [2.45, 2.75) is 26.3 Å². The molecule has 194 valence electrons. The second-order valence-electron chi connectivity index (χ2n) is 9.71. The Morgan fingerprint density at radius 2 is 1.39 bits per heavy atom. The van der Waals surface area contributed by atoms with Crippen LogP contribution in [0.4, 0.5) is 10.1 Å². The van der Waals surface area contributed by atoms with Crippen molar-refractivity contribution in [2.75, 3.05) is 70.8 Å². The molecular weight excluding hydrogens is 457 g/mol. The summed E-state index contributed by atoms with van der Waals surface area (Å²) in [6.45, 7) is 9.53. The molecule has 0 aromatic heterocycles. The van der Waals surface area contributed by atoms with Crippen LogP contribution in [0.15, 0.2) is 48.5 Å². The van der Waals surface area contributed by atoms with Crippen LogP contribution in [0.1, 0.15) is 24.5 Å². The van der Waals surface area contributed by atoms with Crippen molar-refractivity contribution in [1.29, 1.82) is 0 Å². The van der Waals surface area contributed by atoms with Gasteiger partial charge in [-0.3, -0.25) is 24.3 Å². The van der Waals surface area contributed by atoms with Crippen molar-refractivity contribution in [3.8, 4) is 0 Å². The van der Waals surface area contributed by atoms with Gasteiger partial charge in [-0.1, -0.05) is 43.3 Å². The third-order valence-electron chi connectivity index (χ3n) is 7.16. The second kappa shape index (κ2) is 12.9. The molecule has 2 aromatic rings. The Morgan fingerprint density at radius 1 is 0.778 bits per heavy atom. The van der Waals surface area contributed by atoms with Gasteiger partial charge in [0.05, 0.1) is 13.1 Å². The number of halogens is 1. The molecule has 2 heterocycles. The fraction of sp³-hybridized carbons (Fsp3) is 0.500. The van der Waals surface area contributed by atoms with Crippen LogP contribution in [-0.4, -0.2) is 96.9 Å². The highest BCUT2D eigenvalue weighted by Crippen LogP contribution is 2.16. The monoisotopic (exact) mass is 495 g/mol. The molecule has 2 saturated heterocycles. The average Bonchev–Trinajstić information content (AvgIpc) is 3.11. The predicted molar refractivity (Wildman–Crippen MR) is 140 cm³/mol. The lowest BCUT2D eigenvalue weighted by molar-refractivity contribution is -0.134. The van der Waals surface area contributed by atoms with E-state index in [0.717, 1.165) is 55.8 Å². The van der Waals surface area contributed by atoms with E-state index in [2.05, 4.69) is 26.9 Å². The molecule has 0 spiro atoms. The molecule has 0 aliphatic carbocycles. The molecule has 0 bridgehead atoms. The summed E-state index contributed by atoms with van der Waals surface area (Å²) in [5.41, 5.74) is 2.73. The zero-order valence-corrected chi connectivity index (χ0v) is 21.3. The van der Waals surface area contributed by atoms with E-state index in [-0.39, 0.29) is 17.6 Å². The maximum Gasteiger partial charge on any atom is 0.238 e. The van der Waals surface area contributed by atoms with Crippen molar-refractivity contribution in [3.05, 3.63) is 65.5 Å². The van der Waals surface area contributed by atoms with Crippen LogP contribution in [0.2, 0.25) is 0 Å². The Balaban J connectivity index is 1.18. The Morgan fingerprint density at radius 3 is 2.14 bits per heavy atom. The number of para-hydroxylation sites is 1. The summed E-state index contributed by atoms with van der Waals surface area (Å²) < 4.78 is 14.0. The molecule has 4 rings (SSSR count). The highest BCUT2D eigenvalue weighted by Gasteiger charge is 2.25. The van der Waals surface area contributed by atoms with Crippen LogP contribution < -0.4 is 5.32 Å². The summed E-state index contributed by atoms with van der Waals surface area (Å²) in [6, 6.07) is 14.8. The lowest BCUT2D eigenvalue weighted by Gasteiger charge is -2.35. The number of piperazine rings is 1. The van der Waals surface area contributed by atoms with Crippen molar-refractivity contribution in [2.24, 2.45) is 0 Å². The van der Waals surface area contributed by atoms with Gasteiger partial charge in [-0.15, -0.1) is 0 Å². The van der Waals surface area contributed by atoms with Crippen LogP contribution in [-0.2, 0) is 22.6 Å². The number of anilines is 1. The number of carbonyl (C=O) groups excluding carboxylic acids is 2. The first-order valence-corrected chi connectivity index (χ1v) is 13.1. The Bertz CT molecular complexity index is 1020.